The van der Waals surface area contributed by atoms with Crippen molar-refractivity contribution in [3.05, 3.63) is 58.6 Å². The van der Waals surface area contributed by atoms with Crippen molar-refractivity contribution >= 4 is 23.2 Å². The predicted octanol–water partition coefficient (Wildman–Crippen LogP) is 3.68. The first-order valence-electron chi connectivity index (χ1n) is 9.03. The third-order valence-corrected chi connectivity index (χ3v) is 5.11. The maximum Gasteiger partial charge on any atom is 0.229 e. The lowest BCUT2D eigenvalue weighted by molar-refractivity contribution is -0.119. The zero-order valence-corrected chi connectivity index (χ0v) is 17.2. The first kappa shape index (κ1) is 19.9. The number of hydrogen-bond donors (Lipinski definition) is 1. The number of carbonyl (C=O) groups excluding carboxylic acids is 1. The third kappa shape index (κ3) is 4.54. The van der Waals surface area contributed by atoms with E-state index in [0.717, 1.165) is 22.7 Å². The SMILES string of the molecule is COc1cccc(Cn2cc(NC(=O)C(C)Cn3nc(C)c(Cl)c3C)cn2)c1. The molecule has 1 N–H and O–H groups in total. The average Bonchev–Trinajstić information content (AvgIpc) is 3.21. The van der Waals surface area contributed by atoms with Gasteiger partial charge in [-0.05, 0) is 31.5 Å². The maximum atomic E-state index is 12.5. The highest BCUT2D eigenvalue weighted by Crippen LogP contribution is 2.20. The summed E-state index contributed by atoms with van der Waals surface area (Å²) in [6, 6.07) is 7.80. The normalized spacial score (nSPS) is 12.0. The topological polar surface area (TPSA) is 74.0 Å². The lowest BCUT2D eigenvalue weighted by Gasteiger charge is -2.12. The van der Waals surface area contributed by atoms with Crippen LogP contribution in [0.15, 0.2) is 36.7 Å². The minimum Gasteiger partial charge on any atom is -0.497 e. The van der Waals surface area contributed by atoms with E-state index in [1.54, 1.807) is 22.7 Å². The molecule has 1 aromatic carbocycles. The lowest BCUT2D eigenvalue weighted by Crippen LogP contribution is -2.25. The molecule has 1 unspecified atom stereocenters. The van der Waals surface area contributed by atoms with E-state index in [2.05, 4.69) is 15.5 Å². The Kier molecular flexibility index (Phi) is 6.04. The highest BCUT2D eigenvalue weighted by atomic mass is 35.5. The number of carbonyl (C=O) groups is 1. The van der Waals surface area contributed by atoms with Crippen molar-refractivity contribution in [1.29, 1.82) is 0 Å². The fourth-order valence-corrected chi connectivity index (χ4v) is 3.07. The molecule has 0 aliphatic heterocycles. The molecular weight excluding hydrogens is 378 g/mol. The van der Waals surface area contributed by atoms with Gasteiger partial charge in [-0.1, -0.05) is 30.7 Å². The monoisotopic (exact) mass is 401 g/mol. The second-order valence-corrected chi connectivity index (χ2v) is 7.21. The van der Waals surface area contributed by atoms with Crippen LogP contribution in [0.5, 0.6) is 5.75 Å². The Balaban J connectivity index is 1.60. The van der Waals surface area contributed by atoms with Gasteiger partial charge in [0.25, 0.3) is 0 Å². The van der Waals surface area contributed by atoms with E-state index < -0.39 is 0 Å². The van der Waals surface area contributed by atoms with Gasteiger partial charge < -0.3 is 10.1 Å². The first-order chi connectivity index (χ1) is 13.4. The summed E-state index contributed by atoms with van der Waals surface area (Å²) in [4.78, 5) is 12.5. The minimum atomic E-state index is -0.268. The number of amides is 1. The molecule has 2 heterocycles. The molecular formula is C20H24ClN5O2. The molecule has 3 rings (SSSR count). The summed E-state index contributed by atoms with van der Waals surface area (Å²) >= 11 is 6.18. The summed E-state index contributed by atoms with van der Waals surface area (Å²) in [6.45, 7) is 6.67. The molecule has 2 aromatic heterocycles. The molecule has 0 saturated carbocycles. The van der Waals surface area contributed by atoms with Gasteiger partial charge in [0, 0.05) is 6.20 Å². The summed E-state index contributed by atoms with van der Waals surface area (Å²) in [7, 11) is 1.64. The molecule has 1 amide bonds. The summed E-state index contributed by atoms with van der Waals surface area (Å²) in [5.74, 6) is 0.441. The molecule has 3 aromatic rings. The quantitative estimate of drug-likeness (QED) is 0.655. The fourth-order valence-electron chi connectivity index (χ4n) is 2.93. The zero-order valence-electron chi connectivity index (χ0n) is 16.4. The summed E-state index contributed by atoms with van der Waals surface area (Å²) in [5, 5.41) is 12.3. The van der Waals surface area contributed by atoms with Crippen LogP contribution in [0, 0.1) is 19.8 Å². The van der Waals surface area contributed by atoms with Crippen LogP contribution in [-0.4, -0.2) is 32.6 Å². The van der Waals surface area contributed by atoms with Crippen LogP contribution in [0.4, 0.5) is 5.69 Å². The Hall–Kier alpha value is -2.80. The number of aromatic nitrogens is 4. The number of hydrogen-bond acceptors (Lipinski definition) is 4. The highest BCUT2D eigenvalue weighted by Gasteiger charge is 2.18. The summed E-state index contributed by atoms with van der Waals surface area (Å²) in [5.41, 5.74) is 3.36. The van der Waals surface area contributed by atoms with Crippen molar-refractivity contribution in [2.75, 3.05) is 12.4 Å². The Morgan fingerprint density at radius 2 is 2.14 bits per heavy atom. The predicted molar refractivity (Wildman–Crippen MR) is 109 cm³/mol. The van der Waals surface area contributed by atoms with E-state index in [1.807, 2.05) is 51.2 Å². The standard InChI is InChI=1S/C20H24ClN5O2/c1-13(10-26-15(3)19(21)14(2)24-26)20(27)23-17-9-22-25(12-17)11-16-6-5-7-18(8-16)28-4/h5-9,12-13H,10-11H2,1-4H3,(H,23,27). The number of benzene rings is 1. The molecule has 0 radical (unpaired) electrons. The van der Waals surface area contributed by atoms with Crippen LogP contribution in [-0.2, 0) is 17.9 Å². The molecule has 8 heteroatoms. The van der Waals surface area contributed by atoms with E-state index in [9.17, 15) is 4.79 Å². The first-order valence-corrected chi connectivity index (χ1v) is 9.41. The Morgan fingerprint density at radius 1 is 1.36 bits per heavy atom. The van der Waals surface area contributed by atoms with Gasteiger partial charge in [0.15, 0.2) is 0 Å². The zero-order chi connectivity index (χ0) is 20.3. The molecule has 0 fully saturated rings. The molecule has 0 aliphatic carbocycles. The van der Waals surface area contributed by atoms with E-state index >= 15 is 0 Å². The van der Waals surface area contributed by atoms with Crippen molar-refractivity contribution in [2.45, 2.75) is 33.9 Å². The molecule has 28 heavy (non-hydrogen) atoms. The fraction of sp³-hybridized carbons (Fsp3) is 0.350. The number of aryl methyl sites for hydroxylation is 1. The second-order valence-electron chi connectivity index (χ2n) is 6.84. The largest absolute Gasteiger partial charge is 0.497 e. The number of nitrogens with one attached hydrogen (secondary N) is 1. The molecule has 0 saturated heterocycles. The maximum absolute atomic E-state index is 12.5. The van der Waals surface area contributed by atoms with Gasteiger partial charge in [0.05, 0.1) is 54.4 Å². The number of methoxy groups -OCH3 is 1. The number of halogens is 1. The molecule has 0 aliphatic rings. The van der Waals surface area contributed by atoms with Gasteiger partial charge in [0.2, 0.25) is 5.91 Å². The van der Waals surface area contributed by atoms with Gasteiger partial charge in [-0.3, -0.25) is 14.2 Å². The van der Waals surface area contributed by atoms with Crippen molar-refractivity contribution in [3.63, 3.8) is 0 Å². The van der Waals surface area contributed by atoms with Crippen LogP contribution in [0.25, 0.3) is 0 Å². The van der Waals surface area contributed by atoms with E-state index in [1.165, 1.54) is 0 Å². The third-order valence-electron chi connectivity index (χ3n) is 4.57. The van der Waals surface area contributed by atoms with Crippen LogP contribution < -0.4 is 10.1 Å². The van der Waals surface area contributed by atoms with Crippen molar-refractivity contribution in [2.24, 2.45) is 5.92 Å². The molecule has 0 spiro atoms. The molecule has 0 bridgehead atoms. The van der Waals surface area contributed by atoms with Gasteiger partial charge in [0.1, 0.15) is 5.75 Å². The minimum absolute atomic E-state index is 0.0930. The number of anilines is 1. The average molecular weight is 402 g/mol. The van der Waals surface area contributed by atoms with Gasteiger partial charge in [-0.2, -0.15) is 10.2 Å². The van der Waals surface area contributed by atoms with Gasteiger partial charge in [-0.25, -0.2) is 0 Å². The Morgan fingerprint density at radius 3 is 2.82 bits per heavy atom. The van der Waals surface area contributed by atoms with Crippen molar-refractivity contribution < 1.29 is 9.53 Å². The Labute approximate surface area is 169 Å². The molecule has 7 nitrogen and oxygen atoms in total. The highest BCUT2D eigenvalue weighted by molar-refractivity contribution is 6.31. The van der Waals surface area contributed by atoms with Crippen molar-refractivity contribution in [1.82, 2.24) is 19.6 Å². The molecule has 148 valence electrons. The Bertz CT molecular complexity index is 979. The van der Waals surface area contributed by atoms with E-state index in [0.29, 0.717) is 23.8 Å². The van der Waals surface area contributed by atoms with Crippen LogP contribution in [0.1, 0.15) is 23.9 Å². The number of rotatable bonds is 7. The van der Waals surface area contributed by atoms with Crippen LogP contribution in [0.2, 0.25) is 5.02 Å². The smallest absolute Gasteiger partial charge is 0.229 e. The number of nitrogens with zero attached hydrogens (tertiary/aromatic N) is 4. The van der Waals surface area contributed by atoms with Crippen LogP contribution >= 0.6 is 11.6 Å². The van der Waals surface area contributed by atoms with Crippen LogP contribution in [0.3, 0.4) is 0 Å². The van der Waals surface area contributed by atoms with E-state index in [-0.39, 0.29) is 11.8 Å². The van der Waals surface area contributed by atoms with Gasteiger partial charge in [-0.15, -0.1) is 0 Å². The lowest BCUT2D eigenvalue weighted by atomic mass is 10.1. The van der Waals surface area contributed by atoms with Crippen molar-refractivity contribution in [3.8, 4) is 5.75 Å². The van der Waals surface area contributed by atoms with Gasteiger partial charge >= 0.3 is 0 Å². The van der Waals surface area contributed by atoms with E-state index in [4.69, 9.17) is 16.3 Å². The second kappa shape index (κ2) is 8.48. The summed E-state index contributed by atoms with van der Waals surface area (Å²) < 4.78 is 8.79. The molecule has 1 atom stereocenters. The summed E-state index contributed by atoms with van der Waals surface area (Å²) in [6.07, 6.45) is 3.45. The number of ether oxygens (including phenoxy) is 1.